The Bertz CT molecular complexity index is 657. The molecule has 1 atom stereocenters. The minimum atomic E-state index is -4.85. The summed E-state index contributed by atoms with van der Waals surface area (Å²) in [5, 5.41) is 9.60. The highest BCUT2D eigenvalue weighted by Crippen LogP contribution is 2.39. The second kappa shape index (κ2) is 4.96. The third kappa shape index (κ3) is 2.79. The Hall–Kier alpha value is -1.12. The lowest BCUT2D eigenvalue weighted by Crippen LogP contribution is -2.48. The number of nitrogens with zero attached hydrogens (tertiary/aromatic N) is 1. The molecular formula is C13H16F3NO3S. The van der Waals surface area contributed by atoms with E-state index >= 15 is 0 Å². The largest absolute Gasteiger partial charge is 0.418 e. The van der Waals surface area contributed by atoms with Crippen LogP contribution in [0.5, 0.6) is 0 Å². The number of β-amino-alcohol motifs (C(OH)–C–C–N with tert-alkyl or cyclic N) is 1. The van der Waals surface area contributed by atoms with Crippen LogP contribution in [-0.2, 0) is 10.0 Å². The minimum absolute atomic E-state index is 0.0195. The molecule has 1 fully saturated rings. The van der Waals surface area contributed by atoms with Gasteiger partial charge in [0.1, 0.15) is 0 Å². The molecule has 118 valence electrons. The van der Waals surface area contributed by atoms with Crippen LogP contribution >= 0.6 is 0 Å². The van der Waals surface area contributed by atoms with Crippen LogP contribution in [0.2, 0.25) is 0 Å². The van der Waals surface area contributed by atoms with Crippen molar-refractivity contribution in [3.8, 4) is 0 Å². The number of hydrogen-bond acceptors (Lipinski definition) is 3. The quantitative estimate of drug-likeness (QED) is 0.905. The molecule has 0 spiro atoms. The highest BCUT2D eigenvalue weighted by Gasteiger charge is 2.58. The molecule has 0 saturated carbocycles. The Labute approximate surface area is 121 Å². The Morgan fingerprint density at radius 2 is 1.90 bits per heavy atom. The summed E-state index contributed by atoms with van der Waals surface area (Å²) in [5.74, 6) is 0. The summed E-state index contributed by atoms with van der Waals surface area (Å²) in [6.07, 6.45) is -5.50. The number of halogens is 3. The fourth-order valence-electron chi connectivity index (χ4n) is 2.32. The molecule has 0 amide bonds. The maximum Gasteiger partial charge on any atom is 0.418 e. The van der Waals surface area contributed by atoms with Crippen molar-refractivity contribution in [2.45, 2.75) is 36.9 Å². The lowest BCUT2D eigenvalue weighted by atomic mass is 10.0. The monoisotopic (exact) mass is 323 g/mol. The SMILES string of the molecule is Cc1ccc(C)c(S(=O)(=O)N2CC[C@@](O)(C(F)(F)F)C2)c1. The van der Waals surface area contributed by atoms with Gasteiger partial charge >= 0.3 is 6.18 Å². The van der Waals surface area contributed by atoms with Crippen molar-refractivity contribution in [3.05, 3.63) is 29.3 Å². The van der Waals surface area contributed by atoms with Crippen LogP contribution in [0.3, 0.4) is 0 Å². The number of alkyl halides is 3. The minimum Gasteiger partial charge on any atom is -0.379 e. The summed E-state index contributed by atoms with van der Waals surface area (Å²) in [7, 11) is -4.05. The number of rotatable bonds is 2. The van der Waals surface area contributed by atoms with Gasteiger partial charge in [-0.2, -0.15) is 17.5 Å². The van der Waals surface area contributed by atoms with Crippen LogP contribution in [-0.4, -0.2) is 42.7 Å². The van der Waals surface area contributed by atoms with E-state index in [1.54, 1.807) is 26.0 Å². The van der Waals surface area contributed by atoms with Crippen LogP contribution in [0, 0.1) is 13.8 Å². The van der Waals surface area contributed by atoms with Gasteiger partial charge < -0.3 is 5.11 Å². The van der Waals surface area contributed by atoms with Gasteiger partial charge in [0.15, 0.2) is 5.60 Å². The molecular weight excluding hydrogens is 307 g/mol. The molecule has 0 aromatic heterocycles. The predicted octanol–water partition coefficient (Wildman–Crippen LogP) is 1.99. The van der Waals surface area contributed by atoms with Crippen molar-refractivity contribution in [2.24, 2.45) is 0 Å². The number of aryl methyl sites for hydroxylation is 2. The van der Waals surface area contributed by atoms with Crippen LogP contribution in [0.15, 0.2) is 23.1 Å². The molecule has 1 saturated heterocycles. The van der Waals surface area contributed by atoms with Gasteiger partial charge in [0.25, 0.3) is 0 Å². The number of sulfonamides is 1. The first-order chi connectivity index (χ1) is 9.47. The lowest BCUT2D eigenvalue weighted by molar-refractivity contribution is -0.252. The average molecular weight is 323 g/mol. The molecule has 0 unspecified atom stereocenters. The Balaban J connectivity index is 2.37. The molecule has 0 radical (unpaired) electrons. The molecule has 21 heavy (non-hydrogen) atoms. The molecule has 8 heteroatoms. The summed E-state index contributed by atoms with van der Waals surface area (Å²) in [6.45, 7) is 1.96. The predicted molar refractivity (Wildman–Crippen MR) is 70.3 cm³/mol. The summed E-state index contributed by atoms with van der Waals surface area (Å²) < 4.78 is 64.0. The average Bonchev–Trinajstić information content (AvgIpc) is 2.76. The number of aliphatic hydroxyl groups is 1. The van der Waals surface area contributed by atoms with E-state index in [0.29, 0.717) is 15.4 Å². The molecule has 1 aromatic carbocycles. The van der Waals surface area contributed by atoms with E-state index in [1.807, 2.05) is 0 Å². The molecule has 2 rings (SSSR count). The second-order valence-electron chi connectivity index (χ2n) is 5.39. The molecule has 4 nitrogen and oxygen atoms in total. The first kappa shape index (κ1) is 16.3. The van der Waals surface area contributed by atoms with E-state index in [9.17, 15) is 26.7 Å². The molecule has 1 N–H and O–H groups in total. The number of hydrogen-bond donors (Lipinski definition) is 1. The van der Waals surface area contributed by atoms with E-state index in [-0.39, 0.29) is 11.4 Å². The van der Waals surface area contributed by atoms with E-state index in [1.165, 1.54) is 6.07 Å². The zero-order chi connectivity index (χ0) is 16.1. The second-order valence-corrected chi connectivity index (χ2v) is 7.29. The van der Waals surface area contributed by atoms with Gasteiger partial charge in [-0.15, -0.1) is 0 Å². The van der Waals surface area contributed by atoms with Gasteiger partial charge in [-0.25, -0.2) is 8.42 Å². The summed E-state index contributed by atoms with van der Waals surface area (Å²) in [4.78, 5) is -0.0195. The van der Waals surface area contributed by atoms with E-state index in [2.05, 4.69) is 0 Å². The molecule has 1 aliphatic heterocycles. The van der Waals surface area contributed by atoms with Crippen molar-refractivity contribution in [1.82, 2.24) is 4.31 Å². The molecule has 0 bridgehead atoms. The molecule has 0 aliphatic carbocycles. The van der Waals surface area contributed by atoms with Crippen molar-refractivity contribution in [3.63, 3.8) is 0 Å². The first-order valence-electron chi connectivity index (χ1n) is 6.34. The standard InChI is InChI=1S/C13H16F3NO3S/c1-9-3-4-10(2)11(7-9)21(19,20)17-6-5-12(18,8-17)13(14,15)16/h3-4,7,18H,5-6,8H2,1-2H3/t12-/m0/s1. The van der Waals surface area contributed by atoms with Gasteiger partial charge in [0.2, 0.25) is 10.0 Å². The maximum absolute atomic E-state index is 12.8. The highest BCUT2D eigenvalue weighted by atomic mass is 32.2. The van der Waals surface area contributed by atoms with Gasteiger partial charge in [0.05, 0.1) is 11.4 Å². The van der Waals surface area contributed by atoms with Gasteiger partial charge in [0, 0.05) is 13.0 Å². The zero-order valence-corrected chi connectivity index (χ0v) is 12.4. The maximum atomic E-state index is 12.8. The van der Waals surface area contributed by atoms with E-state index < -0.39 is 34.8 Å². The third-order valence-electron chi connectivity index (χ3n) is 3.70. The fourth-order valence-corrected chi connectivity index (χ4v) is 4.12. The number of benzene rings is 1. The van der Waals surface area contributed by atoms with E-state index in [0.717, 1.165) is 0 Å². The van der Waals surface area contributed by atoms with Crippen molar-refractivity contribution in [2.75, 3.05) is 13.1 Å². The highest BCUT2D eigenvalue weighted by molar-refractivity contribution is 7.89. The Morgan fingerprint density at radius 1 is 1.29 bits per heavy atom. The molecule has 1 aliphatic rings. The third-order valence-corrected chi connectivity index (χ3v) is 5.69. The summed E-state index contributed by atoms with van der Waals surface area (Å²) >= 11 is 0. The Morgan fingerprint density at radius 3 is 2.43 bits per heavy atom. The fraction of sp³-hybridized carbons (Fsp3) is 0.538. The van der Waals surface area contributed by atoms with Crippen LogP contribution in [0.4, 0.5) is 13.2 Å². The lowest BCUT2D eigenvalue weighted by Gasteiger charge is -2.26. The molecule has 1 aromatic rings. The van der Waals surface area contributed by atoms with Gasteiger partial charge in [-0.3, -0.25) is 0 Å². The Kier molecular flexibility index (Phi) is 3.84. The smallest absolute Gasteiger partial charge is 0.379 e. The summed E-state index contributed by atoms with van der Waals surface area (Å²) in [5.41, 5.74) is -1.81. The zero-order valence-electron chi connectivity index (χ0n) is 11.6. The summed E-state index contributed by atoms with van der Waals surface area (Å²) in [6, 6.07) is 4.76. The van der Waals surface area contributed by atoms with Gasteiger partial charge in [-0.1, -0.05) is 12.1 Å². The first-order valence-corrected chi connectivity index (χ1v) is 7.78. The van der Waals surface area contributed by atoms with Crippen molar-refractivity contribution >= 4 is 10.0 Å². The van der Waals surface area contributed by atoms with Gasteiger partial charge in [-0.05, 0) is 31.0 Å². The van der Waals surface area contributed by atoms with E-state index in [4.69, 9.17) is 0 Å². The topological polar surface area (TPSA) is 57.6 Å². The molecule has 1 heterocycles. The normalized spacial score (nSPS) is 24.5. The van der Waals surface area contributed by atoms with Crippen LogP contribution in [0.25, 0.3) is 0 Å². The van der Waals surface area contributed by atoms with Crippen LogP contribution in [0.1, 0.15) is 17.5 Å². The van der Waals surface area contributed by atoms with Crippen molar-refractivity contribution < 1.29 is 26.7 Å². The van der Waals surface area contributed by atoms with Crippen LogP contribution < -0.4 is 0 Å². The van der Waals surface area contributed by atoms with Crippen molar-refractivity contribution in [1.29, 1.82) is 0 Å².